The van der Waals surface area contributed by atoms with Gasteiger partial charge in [-0.2, -0.15) is 0 Å². The molecule has 1 heterocycles. The molecule has 0 bridgehead atoms. The molecule has 0 saturated carbocycles. The van der Waals surface area contributed by atoms with Crippen LogP contribution < -0.4 is 15.4 Å². The third kappa shape index (κ3) is 5.82. The number of rotatable bonds is 7. The van der Waals surface area contributed by atoms with E-state index >= 15 is 0 Å². The van der Waals surface area contributed by atoms with Crippen LogP contribution in [0.25, 0.3) is 10.8 Å². The average Bonchev–Trinajstić information content (AvgIpc) is 2.91. The van der Waals surface area contributed by atoms with Crippen molar-refractivity contribution in [1.29, 1.82) is 5.41 Å². The molecule has 0 fully saturated rings. The number of aryl methyl sites for hydroxylation is 2. The van der Waals surface area contributed by atoms with Crippen LogP contribution in [0.2, 0.25) is 0 Å². The molecule has 0 aromatic heterocycles. The van der Waals surface area contributed by atoms with Gasteiger partial charge in [0.1, 0.15) is 5.84 Å². The lowest BCUT2D eigenvalue weighted by atomic mass is 10.00. The minimum absolute atomic E-state index is 0. The van der Waals surface area contributed by atoms with Crippen LogP contribution in [0, 0.1) is 5.41 Å². The maximum absolute atomic E-state index is 13.1. The van der Waals surface area contributed by atoms with Crippen LogP contribution in [0.1, 0.15) is 29.5 Å². The Bertz CT molecular complexity index is 1600. The number of carbonyl (C=O) groups excluding carboxylic acids is 1. The highest BCUT2D eigenvalue weighted by Gasteiger charge is 2.23. The zero-order valence-electron chi connectivity index (χ0n) is 20.7. The van der Waals surface area contributed by atoms with Gasteiger partial charge in [0.2, 0.25) is 5.91 Å². The van der Waals surface area contributed by atoms with Gasteiger partial charge >= 0.3 is 0 Å². The maximum atomic E-state index is 13.1. The van der Waals surface area contributed by atoms with Crippen molar-refractivity contribution in [2.45, 2.75) is 30.6 Å². The molecule has 0 radical (unpaired) electrons. The van der Waals surface area contributed by atoms with Gasteiger partial charge in [-0.15, -0.1) is 12.4 Å². The molecule has 9 heteroatoms. The molecule has 38 heavy (non-hydrogen) atoms. The first-order valence-corrected chi connectivity index (χ1v) is 13.7. The molecule has 0 unspecified atom stereocenters. The lowest BCUT2D eigenvalue weighted by molar-refractivity contribution is -0.118. The molecule has 1 amide bonds. The molecule has 1 aliphatic rings. The Balaban J connectivity index is 0.00000336. The van der Waals surface area contributed by atoms with Crippen molar-refractivity contribution in [2.75, 3.05) is 16.2 Å². The van der Waals surface area contributed by atoms with Gasteiger partial charge in [0.05, 0.1) is 4.90 Å². The van der Waals surface area contributed by atoms with Crippen LogP contribution in [-0.4, -0.2) is 26.7 Å². The number of nitrogens with zero attached hydrogens (tertiary/aromatic N) is 1. The van der Waals surface area contributed by atoms with Gasteiger partial charge in [0.25, 0.3) is 10.0 Å². The predicted molar refractivity (Wildman–Crippen MR) is 155 cm³/mol. The van der Waals surface area contributed by atoms with Crippen LogP contribution in [0.5, 0.6) is 0 Å². The first kappa shape index (κ1) is 27.2. The molecule has 5 rings (SSSR count). The summed E-state index contributed by atoms with van der Waals surface area (Å²) in [6.07, 6.45) is 2.53. The number of carbonyl (C=O) groups is 1. The molecule has 4 aromatic rings. The number of nitrogens with two attached hydrogens (primary N) is 1. The number of nitrogens with one attached hydrogen (secondary N) is 2. The van der Waals surface area contributed by atoms with Gasteiger partial charge in [0, 0.05) is 29.9 Å². The van der Waals surface area contributed by atoms with E-state index in [0.29, 0.717) is 30.6 Å². The second-order valence-corrected chi connectivity index (χ2v) is 10.9. The Morgan fingerprint density at radius 2 is 1.68 bits per heavy atom. The molecule has 196 valence electrons. The first-order valence-electron chi connectivity index (χ1n) is 12.2. The predicted octanol–water partition coefficient (Wildman–Crippen LogP) is 5.26. The van der Waals surface area contributed by atoms with E-state index in [4.69, 9.17) is 11.1 Å². The first-order chi connectivity index (χ1) is 17.8. The van der Waals surface area contributed by atoms with Crippen molar-refractivity contribution in [3.63, 3.8) is 0 Å². The van der Waals surface area contributed by atoms with Crippen LogP contribution in [0.4, 0.5) is 11.4 Å². The molecule has 0 atom stereocenters. The van der Waals surface area contributed by atoms with E-state index in [1.54, 1.807) is 41.3 Å². The Kier molecular flexibility index (Phi) is 8.04. The number of halogens is 1. The van der Waals surface area contributed by atoms with Gasteiger partial charge in [-0.1, -0.05) is 54.6 Å². The van der Waals surface area contributed by atoms with E-state index in [-0.39, 0.29) is 29.0 Å². The van der Waals surface area contributed by atoms with Crippen molar-refractivity contribution in [3.8, 4) is 0 Å². The smallest absolute Gasteiger partial charge is 0.261 e. The van der Waals surface area contributed by atoms with Crippen LogP contribution in [0.3, 0.4) is 0 Å². The zero-order valence-corrected chi connectivity index (χ0v) is 22.3. The fourth-order valence-electron chi connectivity index (χ4n) is 4.71. The molecular formula is C29H29ClN4O3S. The standard InChI is InChI=1S/C29H28N4O3S.ClH/c30-29(31)22-10-7-20(8-11-22)9-16-28(34)33-17-3-6-24-18-25(13-15-27(24)33)32-37(35,36)26-14-12-21-4-1-2-5-23(21)19-26;/h1-2,4-5,7-8,10-15,18-19,32H,3,6,9,16-17H2,(H3,30,31);1H. The highest BCUT2D eigenvalue weighted by atomic mass is 35.5. The molecule has 4 N–H and O–H groups in total. The topological polar surface area (TPSA) is 116 Å². The average molecular weight is 549 g/mol. The summed E-state index contributed by atoms with van der Waals surface area (Å²) in [4.78, 5) is 15.1. The number of hydrogen-bond acceptors (Lipinski definition) is 4. The third-order valence-electron chi connectivity index (χ3n) is 6.68. The van der Waals surface area contributed by atoms with Crippen molar-refractivity contribution in [1.82, 2.24) is 0 Å². The molecule has 7 nitrogen and oxygen atoms in total. The van der Waals surface area contributed by atoms with Crippen LogP contribution >= 0.6 is 12.4 Å². The quantitative estimate of drug-likeness (QED) is 0.216. The number of nitrogen functional groups attached to an aromatic ring is 1. The summed E-state index contributed by atoms with van der Waals surface area (Å²) in [6, 6.07) is 25.4. The molecular weight excluding hydrogens is 520 g/mol. The summed E-state index contributed by atoms with van der Waals surface area (Å²) in [5.74, 6) is 0.0487. The lowest BCUT2D eigenvalue weighted by Gasteiger charge is -2.30. The third-order valence-corrected chi connectivity index (χ3v) is 8.05. The summed E-state index contributed by atoms with van der Waals surface area (Å²) >= 11 is 0. The van der Waals surface area contributed by atoms with Crippen molar-refractivity contribution in [2.24, 2.45) is 5.73 Å². The molecule has 0 aliphatic carbocycles. The lowest BCUT2D eigenvalue weighted by Crippen LogP contribution is -2.35. The van der Waals surface area contributed by atoms with Gasteiger partial charge in [-0.25, -0.2) is 8.42 Å². The fourth-order valence-corrected chi connectivity index (χ4v) is 5.79. The van der Waals surface area contributed by atoms with E-state index in [9.17, 15) is 13.2 Å². The van der Waals surface area contributed by atoms with Gasteiger partial charge < -0.3 is 10.6 Å². The minimum atomic E-state index is -3.76. The summed E-state index contributed by atoms with van der Waals surface area (Å²) in [6.45, 7) is 0.636. The van der Waals surface area contributed by atoms with E-state index in [1.165, 1.54) is 0 Å². The Hall–Kier alpha value is -3.88. The summed E-state index contributed by atoms with van der Waals surface area (Å²) in [5, 5.41) is 9.33. The summed E-state index contributed by atoms with van der Waals surface area (Å²) in [7, 11) is -3.76. The molecule has 1 aliphatic heterocycles. The Morgan fingerprint density at radius 3 is 2.42 bits per heavy atom. The van der Waals surface area contributed by atoms with Crippen molar-refractivity contribution < 1.29 is 13.2 Å². The number of anilines is 2. The summed E-state index contributed by atoms with van der Waals surface area (Å²) in [5.41, 5.74) is 9.43. The molecule has 0 saturated heterocycles. The van der Waals surface area contributed by atoms with Gasteiger partial charge in [-0.3, -0.25) is 14.9 Å². The Morgan fingerprint density at radius 1 is 0.947 bits per heavy atom. The number of hydrogen-bond donors (Lipinski definition) is 3. The largest absolute Gasteiger partial charge is 0.384 e. The monoisotopic (exact) mass is 548 g/mol. The number of sulfonamides is 1. The number of amidine groups is 1. The maximum Gasteiger partial charge on any atom is 0.261 e. The highest BCUT2D eigenvalue weighted by molar-refractivity contribution is 7.92. The molecule has 4 aromatic carbocycles. The minimum Gasteiger partial charge on any atom is -0.384 e. The van der Waals surface area contributed by atoms with E-state index in [0.717, 1.165) is 40.4 Å². The van der Waals surface area contributed by atoms with Gasteiger partial charge in [-0.05, 0) is 71.5 Å². The van der Waals surface area contributed by atoms with Gasteiger partial charge in [0.15, 0.2) is 0 Å². The summed E-state index contributed by atoms with van der Waals surface area (Å²) < 4.78 is 28.8. The number of amides is 1. The SMILES string of the molecule is Cl.N=C(N)c1ccc(CCC(=O)N2CCCc3cc(NS(=O)(=O)c4ccc5ccccc5c4)ccc32)cc1. The van der Waals surface area contributed by atoms with Crippen LogP contribution in [0.15, 0.2) is 89.8 Å². The highest BCUT2D eigenvalue weighted by Crippen LogP contribution is 2.31. The second kappa shape index (κ2) is 11.2. The Labute approximate surface area is 228 Å². The molecule has 0 spiro atoms. The second-order valence-electron chi connectivity index (χ2n) is 9.22. The normalized spacial score (nSPS) is 12.9. The van der Waals surface area contributed by atoms with E-state index in [1.807, 2.05) is 48.5 Å². The fraction of sp³-hybridized carbons (Fsp3) is 0.172. The van der Waals surface area contributed by atoms with Crippen molar-refractivity contribution >= 4 is 56.3 Å². The van der Waals surface area contributed by atoms with E-state index < -0.39 is 10.0 Å². The van der Waals surface area contributed by atoms with Crippen LogP contribution in [-0.2, 0) is 27.7 Å². The number of benzene rings is 4. The van der Waals surface area contributed by atoms with E-state index in [2.05, 4.69) is 4.72 Å². The zero-order chi connectivity index (χ0) is 26.0. The van der Waals surface area contributed by atoms with Crippen molar-refractivity contribution in [3.05, 3.63) is 102 Å². The number of fused-ring (bicyclic) bond motifs is 2.